The molecule has 2 aromatic rings. The molecule has 0 bridgehead atoms. The van der Waals surface area contributed by atoms with E-state index in [1.54, 1.807) is 56.9 Å². The Morgan fingerprint density at radius 3 is 2.43 bits per heavy atom. The van der Waals surface area contributed by atoms with Crippen molar-refractivity contribution < 1.29 is 28.4 Å². The lowest BCUT2D eigenvalue weighted by Gasteiger charge is -2.53. The predicted molar refractivity (Wildman–Crippen MR) is 198 cm³/mol. The maximum Gasteiger partial charge on any atom is 0.335 e. The fourth-order valence-electron chi connectivity index (χ4n) is 6.19. The summed E-state index contributed by atoms with van der Waals surface area (Å²) in [6.45, 7) is 15.3. The van der Waals surface area contributed by atoms with Crippen LogP contribution in [0.25, 0.3) is 0 Å². The predicted octanol–water partition coefficient (Wildman–Crippen LogP) is 8.50. The minimum Gasteiger partial charge on any atom is -0.495 e. The highest BCUT2D eigenvalue weighted by atomic mass is 35.5. The second kappa shape index (κ2) is 16.4. The third kappa shape index (κ3) is 9.55. The van der Waals surface area contributed by atoms with Gasteiger partial charge in [0, 0.05) is 43.4 Å². The van der Waals surface area contributed by atoms with Gasteiger partial charge in [0.1, 0.15) is 5.75 Å². The van der Waals surface area contributed by atoms with Gasteiger partial charge in [0.2, 0.25) is 11.8 Å². The van der Waals surface area contributed by atoms with Crippen molar-refractivity contribution in [2.75, 3.05) is 18.2 Å². The van der Waals surface area contributed by atoms with Gasteiger partial charge in [-0.25, -0.2) is 9.00 Å². The summed E-state index contributed by atoms with van der Waals surface area (Å²) in [5, 5.41) is 12.7. The summed E-state index contributed by atoms with van der Waals surface area (Å²) in [5.41, 5.74) is 0.404. The molecular weight excluding hydrogens is 685 g/mol. The van der Waals surface area contributed by atoms with Crippen LogP contribution < -0.4 is 10.1 Å². The van der Waals surface area contributed by atoms with E-state index >= 15 is 4.79 Å². The van der Waals surface area contributed by atoms with Gasteiger partial charge < -0.3 is 20.1 Å². The van der Waals surface area contributed by atoms with Crippen molar-refractivity contribution in [1.82, 2.24) is 4.90 Å². The smallest absolute Gasteiger partial charge is 0.335 e. The molecule has 12 heteroatoms. The Morgan fingerprint density at radius 2 is 1.88 bits per heavy atom. The van der Waals surface area contributed by atoms with E-state index in [0.717, 1.165) is 5.56 Å². The number of carboxylic acids is 1. The molecule has 9 nitrogen and oxygen atoms in total. The summed E-state index contributed by atoms with van der Waals surface area (Å²) < 4.78 is 27.8. The van der Waals surface area contributed by atoms with Crippen LogP contribution in [0.15, 0.2) is 77.9 Å². The molecule has 1 fully saturated rings. The molecule has 3 rings (SSSR count). The first-order valence-corrected chi connectivity index (χ1v) is 18.6. The Hall–Kier alpha value is -3.60. The fraction of sp³-hybridized carbons (Fsp3) is 0.432. The van der Waals surface area contributed by atoms with Crippen LogP contribution in [0.4, 0.5) is 5.69 Å². The Bertz CT molecular complexity index is 1750. The number of benzene rings is 2. The van der Waals surface area contributed by atoms with Crippen molar-refractivity contribution >= 4 is 56.4 Å². The molecule has 2 aromatic carbocycles. The first-order chi connectivity index (χ1) is 22.8. The molecule has 0 aromatic heterocycles. The molecule has 0 radical (unpaired) electrons. The van der Waals surface area contributed by atoms with Gasteiger partial charge in [0.25, 0.3) is 0 Å². The molecule has 0 aliphatic carbocycles. The number of nitrogens with zero attached hydrogens (tertiary/aromatic N) is 1. The van der Waals surface area contributed by atoms with Gasteiger partial charge in [0.05, 0.1) is 35.6 Å². The van der Waals surface area contributed by atoms with Crippen molar-refractivity contribution in [3.63, 3.8) is 0 Å². The number of halogens is 2. The van der Waals surface area contributed by atoms with Crippen LogP contribution in [0.2, 0.25) is 5.02 Å². The quantitative estimate of drug-likeness (QED) is 0.167. The summed E-state index contributed by atoms with van der Waals surface area (Å²) in [7, 11) is -1.76. The minimum atomic E-state index is -3.13. The highest BCUT2D eigenvalue weighted by Gasteiger charge is 2.53. The monoisotopic (exact) mass is 731 g/mol. The number of nitrogens with one attached hydrogen (secondary N) is 2. The molecule has 1 aliphatic rings. The average molecular weight is 733 g/mol. The number of ether oxygens (including phenoxy) is 1. The van der Waals surface area contributed by atoms with Crippen LogP contribution in [-0.4, -0.2) is 62.2 Å². The van der Waals surface area contributed by atoms with E-state index in [4.69, 9.17) is 32.7 Å². The molecule has 0 saturated carbocycles. The minimum absolute atomic E-state index is 0.00703. The van der Waals surface area contributed by atoms with Crippen molar-refractivity contribution in [1.29, 1.82) is 4.78 Å². The zero-order valence-electron chi connectivity index (χ0n) is 29.1. The largest absolute Gasteiger partial charge is 0.495 e. The van der Waals surface area contributed by atoms with Crippen LogP contribution in [0, 0.1) is 16.1 Å². The lowest BCUT2D eigenvalue weighted by atomic mass is 9.66. The molecule has 1 aliphatic heterocycles. The van der Waals surface area contributed by atoms with Gasteiger partial charge in [-0.15, -0.1) is 0 Å². The number of hydrogen-bond acceptors (Lipinski definition) is 6. The van der Waals surface area contributed by atoms with Crippen LogP contribution >= 0.6 is 23.2 Å². The zero-order chi connectivity index (χ0) is 36.8. The average Bonchev–Trinajstić information content (AvgIpc) is 3.03. The molecule has 49 heavy (non-hydrogen) atoms. The fourth-order valence-corrected chi connectivity index (χ4v) is 7.89. The van der Waals surface area contributed by atoms with E-state index in [9.17, 15) is 18.9 Å². The first-order valence-electron chi connectivity index (χ1n) is 16.1. The zero-order valence-corrected chi connectivity index (χ0v) is 31.4. The molecule has 266 valence electrons. The number of allylic oxidation sites excluding steroid dienone is 3. The molecule has 3 N–H and O–H groups in total. The number of hydrogen-bond donors (Lipinski definition) is 3. The number of amides is 2. The van der Waals surface area contributed by atoms with Gasteiger partial charge in [-0.05, 0) is 66.8 Å². The summed E-state index contributed by atoms with van der Waals surface area (Å²) in [4.78, 5) is 42.0. The number of carbonyl (C=O) groups excluding carboxylic acids is 2. The van der Waals surface area contributed by atoms with E-state index in [2.05, 4.69) is 11.9 Å². The molecule has 0 spiro atoms. The molecule has 2 amide bonds. The SMILES string of the molecule is C=C(/C=C\C(Cl)=C/C)[C@@H]1[C@@H](c2cccc(Cl)c2)C[C@](C)(CC(=O)Nc2ccc(C(=O)O)cc2OC)C(=O)N1[C@H](CS(=N)(=O)C(C)C)C(C)C. The summed E-state index contributed by atoms with van der Waals surface area (Å²) in [6, 6.07) is 10.2. The molecule has 1 saturated heterocycles. The lowest BCUT2D eigenvalue weighted by molar-refractivity contribution is -0.155. The topological polar surface area (TPSA) is 137 Å². The van der Waals surface area contributed by atoms with Gasteiger partial charge in [-0.3, -0.25) is 14.4 Å². The third-order valence-electron chi connectivity index (χ3n) is 9.07. The van der Waals surface area contributed by atoms with E-state index in [-0.39, 0.29) is 47.4 Å². The second-order valence-corrected chi connectivity index (χ2v) is 17.0. The van der Waals surface area contributed by atoms with Crippen molar-refractivity contribution in [3.8, 4) is 5.75 Å². The van der Waals surface area contributed by atoms with Crippen LogP contribution in [0.1, 0.15) is 76.2 Å². The van der Waals surface area contributed by atoms with Gasteiger partial charge >= 0.3 is 5.97 Å². The lowest BCUT2D eigenvalue weighted by Crippen LogP contribution is -2.62. The number of methoxy groups -OCH3 is 1. The van der Waals surface area contributed by atoms with Crippen molar-refractivity contribution in [3.05, 3.63) is 94.0 Å². The van der Waals surface area contributed by atoms with Crippen molar-refractivity contribution in [2.45, 2.75) is 77.6 Å². The summed E-state index contributed by atoms with van der Waals surface area (Å²) in [6.07, 6.45) is 5.22. The Morgan fingerprint density at radius 1 is 1.20 bits per heavy atom. The maximum absolute atomic E-state index is 15.0. The van der Waals surface area contributed by atoms with Gasteiger partial charge in [-0.1, -0.05) is 88.7 Å². The van der Waals surface area contributed by atoms with Crippen LogP contribution in [0.5, 0.6) is 5.75 Å². The number of aromatic carboxylic acids is 1. The third-order valence-corrected chi connectivity index (χ3v) is 12.0. The number of rotatable bonds is 14. The van der Waals surface area contributed by atoms with Crippen LogP contribution in [-0.2, 0) is 19.3 Å². The number of piperidine rings is 1. The van der Waals surface area contributed by atoms with E-state index in [1.165, 1.54) is 25.3 Å². The van der Waals surface area contributed by atoms with E-state index in [1.807, 2.05) is 32.0 Å². The Balaban J connectivity index is 2.21. The highest BCUT2D eigenvalue weighted by Crippen LogP contribution is 2.49. The first kappa shape index (κ1) is 39.8. The number of likely N-dealkylation sites (tertiary alicyclic amines) is 1. The Kier molecular flexibility index (Phi) is 13.3. The number of carbonyl (C=O) groups is 3. The maximum atomic E-state index is 15.0. The van der Waals surface area contributed by atoms with Crippen molar-refractivity contribution in [2.24, 2.45) is 11.3 Å². The van der Waals surface area contributed by atoms with Crippen LogP contribution in [0.3, 0.4) is 0 Å². The Labute approximate surface area is 300 Å². The highest BCUT2D eigenvalue weighted by molar-refractivity contribution is 7.93. The van der Waals surface area contributed by atoms with Gasteiger partial charge in [-0.2, -0.15) is 0 Å². The van der Waals surface area contributed by atoms with E-state index in [0.29, 0.717) is 15.6 Å². The molecular formula is C37H47Cl2N3O6S. The number of carboxylic acid groups (broad SMARTS) is 1. The molecule has 1 heterocycles. The molecule has 1 unspecified atom stereocenters. The second-order valence-electron chi connectivity index (χ2n) is 13.4. The summed E-state index contributed by atoms with van der Waals surface area (Å²) >= 11 is 12.8. The van der Waals surface area contributed by atoms with Gasteiger partial charge in [0.15, 0.2) is 0 Å². The number of anilines is 1. The summed E-state index contributed by atoms with van der Waals surface area (Å²) in [5.74, 6) is -2.46. The molecule has 5 atom stereocenters. The standard InChI is InChI=1S/C37H47Cl2N3O6S/c1-9-27(38)15-13-24(6)34-29(25-11-10-12-28(39)17-25)19-37(7,36(46)42(34)31(22(2)3)21-49(40,47)23(4)5)20-33(43)41-30-16-14-26(35(44)45)18-32(30)48-8/h9-18,22-23,29,31,34,40H,6,19-21H2,1-5,7-8H3,(H,41,43)(H,44,45)/b15-13-,27-9+/t29-,31-,34-,37-,49?/m1/s1. The normalized spacial score (nSPS) is 21.9. The van der Waals surface area contributed by atoms with E-state index < -0.39 is 50.3 Å².